The van der Waals surface area contributed by atoms with Gasteiger partial charge < -0.3 is 39.6 Å². The number of carbonyl (C=O) groups excluding carboxylic acids is 3. The first-order valence-electron chi connectivity index (χ1n) is 13.1. The molecule has 214 valence electrons. The maximum Gasteiger partial charge on any atom is 0.202 e. The third-order valence-corrected chi connectivity index (χ3v) is 8.49. The fraction of sp³-hybridized carbons (Fsp3) is 0.483. The van der Waals surface area contributed by atoms with E-state index in [0.29, 0.717) is 0 Å². The number of ether oxygens (including phenoxy) is 4. The molecule has 0 amide bonds. The highest BCUT2D eigenvalue weighted by Gasteiger charge is 2.50. The predicted molar refractivity (Wildman–Crippen MR) is 140 cm³/mol. The second-order valence-corrected chi connectivity index (χ2v) is 10.5. The van der Waals surface area contributed by atoms with Crippen LogP contribution in [-0.4, -0.2) is 84.1 Å². The summed E-state index contributed by atoms with van der Waals surface area (Å²) in [7, 11) is 4.43. The highest BCUT2D eigenvalue weighted by molar-refractivity contribution is 6.31. The third kappa shape index (κ3) is 4.11. The summed E-state index contributed by atoms with van der Waals surface area (Å²) in [6, 6.07) is 4.18. The summed E-state index contributed by atoms with van der Waals surface area (Å²) < 4.78 is 23.2. The normalized spacial score (nSPS) is 29.4. The molecule has 40 heavy (non-hydrogen) atoms. The highest BCUT2D eigenvalue weighted by atomic mass is 16.7. The smallest absolute Gasteiger partial charge is 0.202 e. The standard InChI is InChI=1S/C29H33NO10/c1-12-24(32)16(30-3)9-19(39-12)40-18-11-29(38-5,13(2)31)10-15-21(18)28(36)23-22(26(15)34)25(33)14-7-6-8-17(37-4)20(14)27(23)35/h6-8,12,16,18-19,24,30,32,34,36H,9-11H2,1-5H3/t12-,16-,18-,19-,24+,29-/m0/s1. The first-order valence-corrected chi connectivity index (χ1v) is 13.1. The summed E-state index contributed by atoms with van der Waals surface area (Å²) >= 11 is 0. The summed E-state index contributed by atoms with van der Waals surface area (Å²) in [5, 5.41) is 36.6. The monoisotopic (exact) mass is 555 g/mol. The van der Waals surface area contributed by atoms with Crippen molar-refractivity contribution in [2.75, 3.05) is 21.3 Å². The Morgan fingerprint density at radius 2 is 1.80 bits per heavy atom. The van der Waals surface area contributed by atoms with Crippen molar-refractivity contribution in [1.82, 2.24) is 5.32 Å². The number of carbonyl (C=O) groups is 3. The molecule has 5 rings (SSSR count). The van der Waals surface area contributed by atoms with Gasteiger partial charge in [0.15, 0.2) is 17.9 Å². The molecule has 0 bridgehead atoms. The van der Waals surface area contributed by atoms with E-state index in [1.165, 1.54) is 33.3 Å². The van der Waals surface area contributed by atoms with Gasteiger partial charge >= 0.3 is 0 Å². The number of nitrogens with one attached hydrogen (secondary N) is 1. The van der Waals surface area contributed by atoms with E-state index in [2.05, 4.69) is 5.32 Å². The van der Waals surface area contributed by atoms with E-state index in [9.17, 15) is 29.7 Å². The van der Waals surface area contributed by atoms with E-state index in [1.807, 2.05) is 0 Å². The quantitative estimate of drug-likeness (QED) is 0.329. The van der Waals surface area contributed by atoms with Crippen molar-refractivity contribution >= 4 is 17.3 Å². The largest absolute Gasteiger partial charge is 0.507 e. The minimum Gasteiger partial charge on any atom is -0.507 e. The number of hydrogen-bond donors (Lipinski definition) is 4. The molecule has 11 nitrogen and oxygen atoms in total. The maximum atomic E-state index is 13.8. The molecule has 1 heterocycles. The molecule has 1 saturated heterocycles. The van der Waals surface area contributed by atoms with Crippen LogP contribution in [0.3, 0.4) is 0 Å². The Hall–Kier alpha value is -3.35. The maximum absolute atomic E-state index is 13.8. The lowest BCUT2D eigenvalue weighted by atomic mass is 9.72. The molecule has 6 atom stereocenters. The summed E-state index contributed by atoms with van der Waals surface area (Å²) in [6.45, 7) is 3.05. The minimum absolute atomic E-state index is 0.0179. The van der Waals surface area contributed by atoms with Crippen LogP contribution in [0.4, 0.5) is 0 Å². The zero-order valence-electron chi connectivity index (χ0n) is 22.9. The van der Waals surface area contributed by atoms with Gasteiger partial charge in [-0.25, -0.2) is 0 Å². The number of likely N-dealkylation sites (N-methyl/N-ethyl adjacent to an activating group) is 1. The van der Waals surface area contributed by atoms with Crippen LogP contribution in [0.2, 0.25) is 0 Å². The number of aliphatic hydroxyl groups excluding tert-OH is 1. The van der Waals surface area contributed by atoms with Gasteiger partial charge in [0.1, 0.15) is 22.8 Å². The molecule has 11 heteroatoms. The molecule has 0 unspecified atom stereocenters. The van der Waals surface area contributed by atoms with Crippen LogP contribution < -0.4 is 10.1 Å². The fourth-order valence-corrected chi connectivity index (χ4v) is 6.20. The number of aromatic hydroxyl groups is 2. The Bertz CT molecular complexity index is 1400. The topological polar surface area (TPSA) is 161 Å². The predicted octanol–water partition coefficient (Wildman–Crippen LogP) is 1.94. The summed E-state index contributed by atoms with van der Waals surface area (Å²) in [5.41, 5.74) is -1.99. The van der Waals surface area contributed by atoms with E-state index in [1.54, 1.807) is 20.0 Å². The number of phenols is 2. The van der Waals surface area contributed by atoms with Crippen LogP contribution in [0, 0.1) is 0 Å². The van der Waals surface area contributed by atoms with Gasteiger partial charge in [-0.15, -0.1) is 0 Å². The second-order valence-electron chi connectivity index (χ2n) is 10.5. The summed E-state index contributed by atoms with van der Waals surface area (Å²) in [4.78, 5) is 40.3. The number of methoxy groups -OCH3 is 2. The van der Waals surface area contributed by atoms with Gasteiger partial charge in [-0.05, 0) is 27.0 Å². The highest BCUT2D eigenvalue weighted by Crippen LogP contribution is 2.53. The van der Waals surface area contributed by atoms with E-state index in [0.717, 1.165) is 0 Å². The van der Waals surface area contributed by atoms with Gasteiger partial charge in [0, 0.05) is 49.1 Å². The molecular weight excluding hydrogens is 522 g/mol. The van der Waals surface area contributed by atoms with Gasteiger partial charge in [0.05, 0.1) is 42.1 Å². The van der Waals surface area contributed by atoms with Crippen LogP contribution >= 0.6 is 0 Å². The molecule has 0 spiro atoms. The van der Waals surface area contributed by atoms with Gasteiger partial charge in [-0.3, -0.25) is 14.4 Å². The van der Waals surface area contributed by atoms with Crippen LogP contribution in [0.1, 0.15) is 75.8 Å². The van der Waals surface area contributed by atoms with Gasteiger partial charge in [-0.2, -0.15) is 0 Å². The molecular formula is C29H33NO10. The molecule has 3 aliphatic rings. The van der Waals surface area contributed by atoms with Gasteiger partial charge in [-0.1, -0.05) is 12.1 Å². The molecule has 2 aliphatic carbocycles. The SMILES string of the molecule is CN[C@H]1C[C@H](O[C@H]2C[C@](OC)(C(C)=O)Cc3c(O)c4c(c(O)c32)C(=O)c2c(OC)cccc2C4=O)O[C@@H](C)[C@H]1O. The fourth-order valence-electron chi connectivity index (χ4n) is 6.20. The Balaban J connectivity index is 1.69. The van der Waals surface area contributed by atoms with E-state index in [-0.39, 0.29) is 70.2 Å². The van der Waals surface area contributed by atoms with Crippen LogP contribution in [0.25, 0.3) is 0 Å². The minimum atomic E-state index is -1.44. The second kappa shape index (κ2) is 10.2. The van der Waals surface area contributed by atoms with Crippen LogP contribution in [0.15, 0.2) is 18.2 Å². The summed E-state index contributed by atoms with van der Waals surface area (Å²) in [6.07, 6.45) is -3.30. The summed E-state index contributed by atoms with van der Waals surface area (Å²) in [5.74, 6) is -2.58. The molecule has 0 aromatic heterocycles. The van der Waals surface area contributed by atoms with Crippen molar-refractivity contribution in [3.63, 3.8) is 0 Å². The zero-order valence-corrected chi connectivity index (χ0v) is 22.9. The van der Waals surface area contributed by atoms with Crippen molar-refractivity contribution in [2.24, 2.45) is 0 Å². The van der Waals surface area contributed by atoms with Crippen LogP contribution in [0.5, 0.6) is 17.2 Å². The number of phenolic OH excluding ortho intramolecular Hbond substituents is 2. The number of hydrogen-bond acceptors (Lipinski definition) is 11. The first kappa shape index (κ1) is 28.2. The van der Waals surface area contributed by atoms with Crippen LogP contribution in [-0.2, 0) is 25.4 Å². The molecule has 2 aromatic rings. The third-order valence-electron chi connectivity index (χ3n) is 8.49. The van der Waals surface area contributed by atoms with E-state index in [4.69, 9.17) is 18.9 Å². The molecule has 1 aliphatic heterocycles. The van der Waals surface area contributed by atoms with Crippen molar-refractivity contribution in [2.45, 2.75) is 69.4 Å². The average molecular weight is 556 g/mol. The molecule has 4 N–H and O–H groups in total. The molecule has 1 fully saturated rings. The Labute approximate surface area is 231 Å². The van der Waals surface area contributed by atoms with Gasteiger partial charge in [0.2, 0.25) is 5.78 Å². The van der Waals surface area contributed by atoms with E-state index < -0.39 is 53.3 Å². The number of fused-ring (bicyclic) bond motifs is 3. The Kier molecular flexibility index (Phi) is 7.22. The van der Waals surface area contributed by atoms with Crippen molar-refractivity contribution in [1.29, 1.82) is 0 Å². The first-order chi connectivity index (χ1) is 19.0. The Morgan fingerprint density at radius 1 is 1.10 bits per heavy atom. The van der Waals surface area contributed by atoms with Crippen molar-refractivity contribution < 1.29 is 48.7 Å². The van der Waals surface area contributed by atoms with Crippen molar-refractivity contribution in [3.05, 3.63) is 51.6 Å². The van der Waals surface area contributed by atoms with Crippen molar-refractivity contribution in [3.8, 4) is 17.2 Å². The molecule has 0 radical (unpaired) electrons. The lowest BCUT2D eigenvalue weighted by Crippen LogP contribution is -2.53. The number of Topliss-reactive ketones (excluding diaryl/α,β-unsaturated/α-hetero) is 1. The van der Waals surface area contributed by atoms with E-state index >= 15 is 0 Å². The lowest BCUT2D eigenvalue weighted by Gasteiger charge is -2.43. The molecule has 2 aromatic carbocycles. The lowest BCUT2D eigenvalue weighted by molar-refractivity contribution is -0.250. The number of benzene rings is 2. The average Bonchev–Trinajstić information content (AvgIpc) is 2.94. The zero-order chi connectivity index (χ0) is 29.1. The number of ketones is 3. The molecule has 0 saturated carbocycles. The number of aliphatic hydroxyl groups is 1. The number of rotatable bonds is 6. The Morgan fingerprint density at radius 3 is 2.42 bits per heavy atom. The van der Waals surface area contributed by atoms with Gasteiger partial charge in [0.25, 0.3) is 0 Å².